The average Bonchev–Trinajstić information content (AvgIpc) is 2.82. The van der Waals surface area contributed by atoms with Crippen molar-refractivity contribution >= 4 is 5.97 Å². The van der Waals surface area contributed by atoms with E-state index in [1.165, 1.54) is 0 Å². The van der Waals surface area contributed by atoms with Gasteiger partial charge in [0.05, 0.1) is 0 Å². The Morgan fingerprint density at radius 2 is 2.38 bits per heavy atom. The van der Waals surface area contributed by atoms with Gasteiger partial charge < -0.3 is 5.11 Å². The summed E-state index contributed by atoms with van der Waals surface area (Å²) in [7, 11) is 0. The minimum atomic E-state index is -1.18. The summed E-state index contributed by atoms with van der Waals surface area (Å²) in [6, 6.07) is 1.83. The van der Waals surface area contributed by atoms with Crippen molar-refractivity contribution in [3.05, 3.63) is 24.3 Å². The fourth-order valence-electron chi connectivity index (χ4n) is 0.468. The fourth-order valence-corrected chi connectivity index (χ4v) is 0.468. The van der Waals surface area contributed by atoms with Gasteiger partial charge in [-0.05, 0) is 11.3 Å². The van der Waals surface area contributed by atoms with E-state index in [1.807, 2.05) is 11.3 Å². The van der Waals surface area contributed by atoms with Crippen LogP contribution < -0.4 is 0 Å². The van der Waals surface area contributed by atoms with Gasteiger partial charge in [0.15, 0.2) is 0 Å². The standard InChI is InChI=1S/C3H4N2.C2H2N4O2/c1-2-4-5-3-1;7-2(8)1-3-5-6-4-1/h1-3H,(H,4,5);(H,7,8)(H,3,4,5,6). The van der Waals surface area contributed by atoms with E-state index in [4.69, 9.17) is 5.11 Å². The number of carbonyl (C=O) groups is 1. The highest BCUT2D eigenvalue weighted by atomic mass is 16.4. The first kappa shape index (κ1) is 8.84. The number of nitrogens with one attached hydrogen (secondary N) is 2. The number of H-pyrrole nitrogens is 2. The van der Waals surface area contributed by atoms with Crippen LogP contribution in [0.3, 0.4) is 0 Å². The largest absolute Gasteiger partial charge is 0.475 e. The molecule has 0 aliphatic heterocycles. The number of hydrogen-bond acceptors (Lipinski definition) is 5. The summed E-state index contributed by atoms with van der Waals surface area (Å²) >= 11 is 0. The highest BCUT2D eigenvalue weighted by molar-refractivity contribution is 5.82. The van der Waals surface area contributed by atoms with E-state index in [1.54, 1.807) is 12.4 Å². The first-order valence-electron chi connectivity index (χ1n) is 3.21. The summed E-state index contributed by atoms with van der Waals surface area (Å²) in [6.45, 7) is 0. The summed E-state index contributed by atoms with van der Waals surface area (Å²) in [5.74, 6) is -1.50. The Balaban J connectivity index is 0.000000145. The quantitative estimate of drug-likeness (QED) is 0.536. The van der Waals surface area contributed by atoms with Gasteiger partial charge in [-0.3, -0.25) is 5.10 Å². The summed E-state index contributed by atoms with van der Waals surface area (Å²) in [5, 5.41) is 25.7. The van der Waals surface area contributed by atoms with E-state index in [2.05, 4.69) is 25.6 Å². The Morgan fingerprint density at radius 1 is 1.54 bits per heavy atom. The van der Waals surface area contributed by atoms with Gasteiger partial charge in [0, 0.05) is 12.4 Å². The number of rotatable bonds is 1. The van der Waals surface area contributed by atoms with Crippen molar-refractivity contribution in [1.29, 1.82) is 0 Å². The maximum absolute atomic E-state index is 9.88. The van der Waals surface area contributed by atoms with Crippen LogP contribution in [0.15, 0.2) is 18.5 Å². The second-order valence-electron chi connectivity index (χ2n) is 1.81. The van der Waals surface area contributed by atoms with Gasteiger partial charge in [-0.25, -0.2) is 4.79 Å². The molecular formula is C5H6N6O2. The van der Waals surface area contributed by atoms with E-state index in [0.29, 0.717) is 0 Å². The molecule has 0 radical (unpaired) electrons. The normalized spacial score (nSPS) is 8.62. The van der Waals surface area contributed by atoms with Crippen LogP contribution in [0.5, 0.6) is 0 Å². The molecule has 13 heavy (non-hydrogen) atoms. The molecule has 0 aromatic carbocycles. The van der Waals surface area contributed by atoms with Crippen LogP contribution in [0.4, 0.5) is 0 Å². The minimum Gasteiger partial charge on any atom is -0.475 e. The predicted octanol–water partition coefficient (Wildman–Crippen LogP) is -0.692. The van der Waals surface area contributed by atoms with Gasteiger partial charge >= 0.3 is 5.97 Å². The first-order chi connectivity index (χ1) is 6.30. The lowest BCUT2D eigenvalue weighted by Crippen LogP contribution is -1.98. The Kier molecular flexibility index (Phi) is 3.12. The molecule has 0 saturated heterocycles. The number of hydrogen-bond donors (Lipinski definition) is 3. The third kappa shape index (κ3) is 3.10. The fraction of sp³-hybridized carbons (Fsp3) is 0. The van der Waals surface area contributed by atoms with Crippen molar-refractivity contribution in [1.82, 2.24) is 30.8 Å². The van der Waals surface area contributed by atoms with E-state index in [9.17, 15) is 4.79 Å². The molecule has 0 amide bonds. The van der Waals surface area contributed by atoms with Gasteiger partial charge in [-0.15, -0.1) is 10.2 Å². The predicted molar refractivity (Wildman–Crippen MR) is 39.7 cm³/mol. The highest BCUT2D eigenvalue weighted by Crippen LogP contribution is 1.78. The molecule has 8 nitrogen and oxygen atoms in total. The lowest BCUT2D eigenvalue weighted by Gasteiger charge is -1.73. The molecule has 0 saturated carbocycles. The average molecular weight is 182 g/mol. The smallest absolute Gasteiger partial charge is 0.377 e. The summed E-state index contributed by atoms with van der Waals surface area (Å²) in [4.78, 5) is 9.88. The number of aromatic amines is 2. The number of aromatic nitrogens is 6. The molecule has 0 spiro atoms. The molecule has 0 atom stereocenters. The van der Waals surface area contributed by atoms with E-state index < -0.39 is 5.97 Å². The van der Waals surface area contributed by atoms with Crippen LogP contribution >= 0.6 is 0 Å². The SMILES string of the molecule is O=C(O)c1nn[nH]n1.c1cn[nH]c1. The number of aromatic carboxylic acids is 1. The van der Waals surface area contributed by atoms with Crippen molar-refractivity contribution in [2.75, 3.05) is 0 Å². The molecule has 0 aliphatic carbocycles. The molecule has 68 valence electrons. The number of nitrogens with zero attached hydrogens (tertiary/aromatic N) is 4. The van der Waals surface area contributed by atoms with Crippen molar-refractivity contribution in [3.63, 3.8) is 0 Å². The van der Waals surface area contributed by atoms with Crippen LogP contribution in [0.25, 0.3) is 0 Å². The zero-order valence-electron chi connectivity index (χ0n) is 6.38. The summed E-state index contributed by atoms with van der Waals surface area (Å²) < 4.78 is 0. The van der Waals surface area contributed by atoms with Gasteiger partial charge in [-0.1, -0.05) is 0 Å². The number of tetrazole rings is 1. The van der Waals surface area contributed by atoms with Crippen molar-refractivity contribution in [2.24, 2.45) is 0 Å². The van der Waals surface area contributed by atoms with Crippen LogP contribution in [0.2, 0.25) is 0 Å². The van der Waals surface area contributed by atoms with Crippen LogP contribution in [-0.2, 0) is 0 Å². The third-order valence-electron chi connectivity index (χ3n) is 0.943. The van der Waals surface area contributed by atoms with Crippen LogP contribution in [0.1, 0.15) is 10.6 Å². The number of carboxylic acid groups (broad SMARTS) is 1. The highest BCUT2D eigenvalue weighted by Gasteiger charge is 2.04. The molecule has 0 fully saturated rings. The van der Waals surface area contributed by atoms with Crippen molar-refractivity contribution < 1.29 is 9.90 Å². The molecule has 0 aliphatic rings. The molecule has 2 heterocycles. The maximum Gasteiger partial charge on any atom is 0.377 e. The Bertz CT molecular complexity index is 311. The second kappa shape index (κ2) is 4.59. The van der Waals surface area contributed by atoms with Gasteiger partial charge in [0.25, 0.3) is 5.82 Å². The van der Waals surface area contributed by atoms with Crippen molar-refractivity contribution in [2.45, 2.75) is 0 Å². The van der Waals surface area contributed by atoms with Gasteiger partial charge in [0.1, 0.15) is 0 Å². The van der Waals surface area contributed by atoms with Crippen LogP contribution in [0, 0.1) is 0 Å². The summed E-state index contributed by atoms with van der Waals surface area (Å²) in [6.07, 6.45) is 3.46. The minimum absolute atomic E-state index is 0.315. The first-order valence-corrected chi connectivity index (χ1v) is 3.21. The monoisotopic (exact) mass is 182 g/mol. The Morgan fingerprint density at radius 3 is 2.62 bits per heavy atom. The zero-order chi connectivity index (χ0) is 9.52. The molecule has 0 unspecified atom stereocenters. The van der Waals surface area contributed by atoms with Gasteiger partial charge in [0.2, 0.25) is 0 Å². The molecule has 2 aromatic heterocycles. The Hall–Kier alpha value is -2.25. The topological polar surface area (TPSA) is 120 Å². The maximum atomic E-state index is 9.88. The van der Waals surface area contributed by atoms with Crippen molar-refractivity contribution in [3.8, 4) is 0 Å². The van der Waals surface area contributed by atoms with Gasteiger partial charge in [-0.2, -0.15) is 10.3 Å². The molecule has 8 heteroatoms. The van der Waals surface area contributed by atoms with E-state index >= 15 is 0 Å². The third-order valence-corrected chi connectivity index (χ3v) is 0.943. The van der Waals surface area contributed by atoms with Crippen LogP contribution in [-0.4, -0.2) is 41.9 Å². The molecule has 3 N–H and O–H groups in total. The lowest BCUT2D eigenvalue weighted by molar-refractivity contribution is 0.0683. The molecule has 0 bridgehead atoms. The zero-order valence-corrected chi connectivity index (χ0v) is 6.38. The molecule has 2 aromatic rings. The lowest BCUT2D eigenvalue weighted by atomic mass is 10.7. The summed E-state index contributed by atoms with van der Waals surface area (Å²) in [5.41, 5.74) is 0. The number of carboxylic acids is 1. The second-order valence-corrected chi connectivity index (χ2v) is 1.81. The van der Waals surface area contributed by atoms with E-state index in [-0.39, 0.29) is 5.82 Å². The molecular weight excluding hydrogens is 176 g/mol. The molecule has 2 rings (SSSR count). The van der Waals surface area contributed by atoms with E-state index in [0.717, 1.165) is 0 Å². The Labute approximate surface area is 72.0 Å².